The summed E-state index contributed by atoms with van der Waals surface area (Å²) in [6, 6.07) is 11.6. The van der Waals surface area contributed by atoms with Gasteiger partial charge in [0.2, 0.25) is 11.8 Å². The normalized spacial score (nSPS) is 17.9. The van der Waals surface area contributed by atoms with E-state index in [4.69, 9.17) is 9.47 Å². The number of hydrogen-bond donors (Lipinski definition) is 0. The molecule has 2 aliphatic rings. The Labute approximate surface area is 189 Å². The maximum absolute atomic E-state index is 12.9. The summed E-state index contributed by atoms with van der Waals surface area (Å²) in [4.78, 5) is 33.5. The number of likely N-dealkylation sites (tertiary alicyclic amines) is 1. The molecule has 2 amide bonds. The van der Waals surface area contributed by atoms with E-state index >= 15 is 0 Å². The number of carbonyl (C=O) groups is 2. The molecule has 170 valence electrons. The molecule has 0 atom stereocenters. The molecule has 0 bridgehead atoms. The number of aromatic nitrogens is 1. The number of nitrogens with zero attached hydrogens (tertiary/aromatic N) is 3. The van der Waals surface area contributed by atoms with E-state index < -0.39 is 0 Å². The summed E-state index contributed by atoms with van der Waals surface area (Å²) in [7, 11) is 1.65. The SMILES string of the molecule is COc1cccc(CCC(=O)N2CCOC3(CCN(C(=O)Cc4cccnc4)CC3)C2)c1. The van der Waals surface area contributed by atoms with Crippen LogP contribution in [0, 0.1) is 0 Å². The molecule has 7 heteroatoms. The van der Waals surface area contributed by atoms with Crippen LogP contribution in [0.5, 0.6) is 5.75 Å². The third-order valence-corrected chi connectivity index (χ3v) is 6.47. The van der Waals surface area contributed by atoms with Gasteiger partial charge in [-0.1, -0.05) is 18.2 Å². The lowest BCUT2D eigenvalue weighted by Gasteiger charge is -2.47. The van der Waals surface area contributed by atoms with Crippen molar-refractivity contribution >= 4 is 11.8 Å². The first-order chi connectivity index (χ1) is 15.6. The third kappa shape index (κ3) is 5.46. The number of methoxy groups -OCH3 is 1. The van der Waals surface area contributed by atoms with Crippen molar-refractivity contribution in [2.45, 2.75) is 37.7 Å². The molecule has 0 aliphatic carbocycles. The molecule has 0 unspecified atom stereocenters. The Kier molecular flexibility index (Phi) is 7.05. The summed E-state index contributed by atoms with van der Waals surface area (Å²) >= 11 is 0. The van der Waals surface area contributed by atoms with Gasteiger partial charge in [-0.3, -0.25) is 14.6 Å². The third-order valence-electron chi connectivity index (χ3n) is 6.47. The highest BCUT2D eigenvalue weighted by atomic mass is 16.5. The number of carbonyl (C=O) groups excluding carboxylic acids is 2. The van der Waals surface area contributed by atoms with Crippen molar-refractivity contribution < 1.29 is 19.1 Å². The molecular formula is C25H31N3O4. The van der Waals surface area contributed by atoms with Crippen molar-refractivity contribution in [2.24, 2.45) is 0 Å². The van der Waals surface area contributed by atoms with Gasteiger partial charge in [0.25, 0.3) is 0 Å². The highest BCUT2D eigenvalue weighted by Gasteiger charge is 2.41. The van der Waals surface area contributed by atoms with Crippen LogP contribution >= 0.6 is 0 Å². The predicted molar refractivity (Wildman–Crippen MR) is 120 cm³/mol. The quantitative estimate of drug-likeness (QED) is 0.694. The first-order valence-electron chi connectivity index (χ1n) is 11.3. The molecule has 0 radical (unpaired) electrons. The molecule has 2 aromatic rings. The Bertz CT molecular complexity index is 926. The summed E-state index contributed by atoms with van der Waals surface area (Å²) in [5, 5.41) is 0. The topological polar surface area (TPSA) is 72.0 Å². The van der Waals surface area contributed by atoms with Crippen LogP contribution in [-0.2, 0) is 27.2 Å². The highest BCUT2D eigenvalue weighted by Crippen LogP contribution is 2.31. The Hall–Kier alpha value is -2.93. The number of benzene rings is 1. The number of ether oxygens (including phenoxy) is 2. The molecule has 1 aromatic carbocycles. The van der Waals surface area contributed by atoms with Gasteiger partial charge in [0.05, 0.1) is 25.7 Å². The first kappa shape index (κ1) is 22.3. The second kappa shape index (κ2) is 10.1. The van der Waals surface area contributed by atoms with Gasteiger partial charge in [-0.05, 0) is 48.6 Å². The summed E-state index contributed by atoms with van der Waals surface area (Å²) in [6.07, 6.45) is 6.49. The molecule has 1 aromatic heterocycles. The molecule has 32 heavy (non-hydrogen) atoms. The van der Waals surface area contributed by atoms with E-state index in [9.17, 15) is 9.59 Å². The van der Waals surface area contributed by atoms with Crippen molar-refractivity contribution in [3.05, 3.63) is 59.9 Å². The monoisotopic (exact) mass is 437 g/mol. The van der Waals surface area contributed by atoms with Crippen LogP contribution in [0.1, 0.15) is 30.4 Å². The zero-order valence-electron chi connectivity index (χ0n) is 18.7. The number of rotatable bonds is 6. The Morgan fingerprint density at radius 3 is 2.62 bits per heavy atom. The highest BCUT2D eigenvalue weighted by molar-refractivity contribution is 5.79. The lowest BCUT2D eigenvalue weighted by atomic mass is 9.89. The zero-order valence-corrected chi connectivity index (χ0v) is 18.7. The number of morpholine rings is 1. The standard InChI is InChI=1S/C25H31N3O4/c1-31-22-6-2-4-20(16-22)7-8-23(29)28-14-15-32-25(19-28)9-12-27(13-10-25)24(30)17-21-5-3-11-26-18-21/h2-6,11,16,18H,7-10,12-15,17,19H2,1H3. The van der Waals surface area contributed by atoms with Crippen LogP contribution in [0.3, 0.4) is 0 Å². The van der Waals surface area contributed by atoms with Crippen molar-refractivity contribution in [1.29, 1.82) is 0 Å². The number of hydrogen-bond acceptors (Lipinski definition) is 5. The fourth-order valence-electron chi connectivity index (χ4n) is 4.55. The van der Waals surface area contributed by atoms with Gasteiger partial charge < -0.3 is 19.3 Å². The lowest BCUT2D eigenvalue weighted by Crippen LogP contribution is -2.58. The average Bonchev–Trinajstić information content (AvgIpc) is 2.84. The summed E-state index contributed by atoms with van der Waals surface area (Å²) in [5.41, 5.74) is 1.69. The van der Waals surface area contributed by atoms with Crippen LogP contribution < -0.4 is 4.74 Å². The number of amides is 2. The second-order valence-corrected chi connectivity index (χ2v) is 8.62. The average molecular weight is 438 g/mol. The van der Waals surface area contributed by atoms with Crippen molar-refractivity contribution in [3.8, 4) is 5.75 Å². The zero-order chi connectivity index (χ0) is 22.4. The molecule has 4 rings (SSSR count). The number of aryl methyl sites for hydroxylation is 1. The maximum atomic E-state index is 12.9. The summed E-state index contributed by atoms with van der Waals surface area (Å²) < 4.78 is 11.4. The predicted octanol–water partition coefficient (Wildman–Crippen LogP) is 2.49. The minimum absolute atomic E-state index is 0.120. The molecule has 0 saturated carbocycles. The second-order valence-electron chi connectivity index (χ2n) is 8.62. The largest absolute Gasteiger partial charge is 0.497 e. The summed E-state index contributed by atoms with van der Waals surface area (Å²) in [6.45, 7) is 3.10. The van der Waals surface area contributed by atoms with Crippen LogP contribution in [0.25, 0.3) is 0 Å². The fraction of sp³-hybridized carbons (Fsp3) is 0.480. The Morgan fingerprint density at radius 2 is 1.88 bits per heavy atom. The number of piperidine rings is 1. The van der Waals surface area contributed by atoms with Crippen molar-refractivity contribution in [3.63, 3.8) is 0 Å². The van der Waals surface area contributed by atoms with Gasteiger partial charge >= 0.3 is 0 Å². The van der Waals surface area contributed by atoms with Gasteiger partial charge in [0.15, 0.2) is 0 Å². The Morgan fingerprint density at radius 1 is 1.06 bits per heavy atom. The first-order valence-corrected chi connectivity index (χ1v) is 11.3. The molecule has 2 saturated heterocycles. The molecule has 2 fully saturated rings. The van der Waals surface area contributed by atoms with Crippen LogP contribution in [0.4, 0.5) is 0 Å². The van der Waals surface area contributed by atoms with E-state index in [1.54, 1.807) is 19.5 Å². The molecule has 3 heterocycles. The van der Waals surface area contributed by atoms with Crippen LogP contribution in [0.2, 0.25) is 0 Å². The van der Waals surface area contributed by atoms with E-state index in [1.165, 1.54) is 0 Å². The number of pyridine rings is 1. The fourth-order valence-corrected chi connectivity index (χ4v) is 4.55. The summed E-state index contributed by atoms with van der Waals surface area (Å²) in [5.74, 6) is 1.09. The minimum atomic E-state index is -0.338. The van der Waals surface area contributed by atoms with Crippen molar-refractivity contribution in [1.82, 2.24) is 14.8 Å². The molecular weight excluding hydrogens is 406 g/mol. The van der Waals surface area contributed by atoms with E-state index in [2.05, 4.69) is 4.98 Å². The molecule has 1 spiro atoms. The van der Waals surface area contributed by atoms with Gasteiger partial charge in [0, 0.05) is 45.0 Å². The van der Waals surface area contributed by atoms with E-state index in [0.29, 0.717) is 52.0 Å². The van der Waals surface area contributed by atoms with Gasteiger partial charge in [-0.25, -0.2) is 0 Å². The van der Waals surface area contributed by atoms with Gasteiger partial charge in [0.1, 0.15) is 5.75 Å². The minimum Gasteiger partial charge on any atom is -0.497 e. The maximum Gasteiger partial charge on any atom is 0.227 e. The van der Waals surface area contributed by atoms with E-state index in [-0.39, 0.29) is 17.4 Å². The van der Waals surface area contributed by atoms with E-state index in [1.807, 2.05) is 46.2 Å². The molecule has 0 N–H and O–H groups in total. The smallest absolute Gasteiger partial charge is 0.227 e. The van der Waals surface area contributed by atoms with Gasteiger partial charge in [-0.15, -0.1) is 0 Å². The lowest BCUT2D eigenvalue weighted by molar-refractivity contribution is -0.163. The van der Waals surface area contributed by atoms with Crippen LogP contribution in [0.15, 0.2) is 48.8 Å². The molecule has 2 aliphatic heterocycles. The van der Waals surface area contributed by atoms with Gasteiger partial charge in [-0.2, -0.15) is 0 Å². The van der Waals surface area contributed by atoms with E-state index in [0.717, 1.165) is 29.7 Å². The van der Waals surface area contributed by atoms with Crippen LogP contribution in [-0.4, -0.2) is 72.1 Å². The molecule has 7 nitrogen and oxygen atoms in total. The Balaban J connectivity index is 1.28. The van der Waals surface area contributed by atoms with Crippen molar-refractivity contribution in [2.75, 3.05) is 39.9 Å².